The molecule has 0 amide bonds. The summed E-state index contributed by atoms with van der Waals surface area (Å²) in [5, 5.41) is 3.29. The number of nitrogens with one attached hydrogen (secondary N) is 1. The highest BCUT2D eigenvalue weighted by molar-refractivity contribution is 4.56. The van der Waals surface area contributed by atoms with Gasteiger partial charge in [0.2, 0.25) is 0 Å². The maximum absolute atomic E-state index is 5.41. The second-order valence-electron chi connectivity index (χ2n) is 2.88. The van der Waals surface area contributed by atoms with E-state index in [0.29, 0.717) is 5.92 Å². The van der Waals surface area contributed by atoms with E-state index in [1.54, 1.807) is 7.11 Å². The number of methoxy groups -OCH3 is 1. The van der Waals surface area contributed by atoms with Crippen LogP contribution in [0.1, 0.15) is 13.3 Å². The number of hydrogen-bond donors (Lipinski definition) is 2. The summed E-state index contributed by atoms with van der Waals surface area (Å²) in [5.74, 6) is 0.678. The highest BCUT2D eigenvalue weighted by atomic mass is 16.5. The van der Waals surface area contributed by atoms with E-state index < -0.39 is 0 Å². The highest BCUT2D eigenvalue weighted by Crippen LogP contribution is 1.96. The summed E-state index contributed by atoms with van der Waals surface area (Å²) in [5.41, 5.74) is 5.41. The predicted octanol–water partition coefficient (Wildman–Crippen LogP) is 0.207. The van der Waals surface area contributed by atoms with Crippen LogP contribution in [0.5, 0.6) is 0 Å². The fraction of sp³-hybridized carbons (Fsp3) is 1.00. The molecule has 0 aliphatic carbocycles. The molecule has 1 unspecified atom stereocenters. The fourth-order valence-corrected chi connectivity index (χ4v) is 0.909. The Hall–Kier alpha value is -0.120. The summed E-state index contributed by atoms with van der Waals surface area (Å²) in [7, 11) is 1.71. The topological polar surface area (TPSA) is 47.3 Å². The Kier molecular flexibility index (Phi) is 7.89. The van der Waals surface area contributed by atoms with E-state index in [9.17, 15) is 0 Å². The third-order valence-electron chi connectivity index (χ3n) is 1.64. The molecule has 0 aromatic heterocycles. The zero-order valence-electron chi connectivity index (χ0n) is 7.60. The van der Waals surface area contributed by atoms with Crippen molar-refractivity contribution in [2.45, 2.75) is 13.3 Å². The molecular formula is C8H20N2O. The molecule has 0 saturated heterocycles. The third kappa shape index (κ3) is 7.78. The Labute approximate surface area is 69.3 Å². The predicted molar refractivity (Wildman–Crippen MR) is 47.6 cm³/mol. The van der Waals surface area contributed by atoms with Crippen molar-refractivity contribution in [2.75, 3.05) is 33.4 Å². The van der Waals surface area contributed by atoms with Crippen molar-refractivity contribution in [1.29, 1.82) is 0 Å². The molecule has 0 spiro atoms. The largest absolute Gasteiger partial charge is 0.383 e. The van der Waals surface area contributed by atoms with Crippen LogP contribution in [0.15, 0.2) is 0 Å². The first-order chi connectivity index (χ1) is 5.31. The van der Waals surface area contributed by atoms with E-state index in [4.69, 9.17) is 10.5 Å². The quantitative estimate of drug-likeness (QED) is 0.523. The summed E-state index contributed by atoms with van der Waals surface area (Å²) in [6.45, 7) is 5.75. The van der Waals surface area contributed by atoms with E-state index in [0.717, 1.165) is 32.7 Å². The number of ether oxygens (including phenoxy) is 1. The van der Waals surface area contributed by atoms with Crippen LogP contribution in [-0.2, 0) is 4.74 Å². The van der Waals surface area contributed by atoms with Crippen LogP contribution in [0.25, 0.3) is 0 Å². The first-order valence-electron chi connectivity index (χ1n) is 4.21. The molecule has 0 aromatic carbocycles. The summed E-state index contributed by atoms with van der Waals surface area (Å²) >= 11 is 0. The summed E-state index contributed by atoms with van der Waals surface area (Å²) in [4.78, 5) is 0. The van der Waals surface area contributed by atoms with Crippen LogP contribution in [0.2, 0.25) is 0 Å². The molecule has 0 heterocycles. The van der Waals surface area contributed by atoms with Gasteiger partial charge in [-0.1, -0.05) is 6.92 Å². The minimum absolute atomic E-state index is 0.678. The molecule has 3 N–H and O–H groups in total. The zero-order chi connectivity index (χ0) is 8.53. The van der Waals surface area contributed by atoms with Crippen LogP contribution in [0.3, 0.4) is 0 Å². The van der Waals surface area contributed by atoms with Crippen LogP contribution in [0.4, 0.5) is 0 Å². The van der Waals surface area contributed by atoms with Gasteiger partial charge in [0.1, 0.15) is 0 Å². The summed E-state index contributed by atoms with van der Waals surface area (Å²) < 4.78 is 4.90. The van der Waals surface area contributed by atoms with Gasteiger partial charge in [-0.2, -0.15) is 0 Å². The van der Waals surface area contributed by atoms with E-state index in [2.05, 4.69) is 12.2 Å². The molecule has 0 aromatic rings. The second-order valence-corrected chi connectivity index (χ2v) is 2.88. The molecule has 0 aliphatic rings. The normalized spacial score (nSPS) is 13.4. The molecule has 0 fully saturated rings. The molecular weight excluding hydrogens is 140 g/mol. The van der Waals surface area contributed by atoms with Crippen molar-refractivity contribution in [3.05, 3.63) is 0 Å². The minimum atomic E-state index is 0.678. The van der Waals surface area contributed by atoms with Gasteiger partial charge < -0.3 is 15.8 Å². The smallest absolute Gasteiger partial charge is 0.0587 e. The van der Waals surface area contributed by atoms with Gasteiger partial charge in [-0.05, 0) is 25.4 Å². The Morgan fingerprint density at radius 3 is 2.82 bits per heavy atom. The van der Waals surface area contributed by atoms with Gasteiger partial charge in [0.15, 0.2) is 0 Å². The number of hydrogen-bond acceptors (Lipinski definition) is 3. The first kappa shape index (κ1) is 10.9. The standard InChI is InChI=1S/C8H20N2O/c1-8(3-4-9)7-10-5-6-11-2/h8,10H,3-7,9H2,1-2H3. The molecule has 11 heavy (non-hydrogen) atoms. The van der Waals surface area contributed by atoms with Crippen molar-refractivity contribution in [2.24, 2.45) is 11.7 Å². The van der Waals surface area contributed by atoms with Gasteiger partial charge in [0, 0.05) is 13.7 Å². The lowest BCUT2D eigenvalue weighted by Gasteiger charge is -2.10. The maximum atomic E-state index is 5.41. The van der Waals surface area contributed by atoms with E-state index in [1.807, 2.05) is 0 Å². The Morgan fingerprint density at radius 2 is 2.27 bits per heavy atom. The average molecular weight is 160 g/mol. The zero-order valence-corrected chi connectivity index (χ0v) is 7.60. The molecule has 0 rings (SSSR count). The molecule has 0 bridgehead atoms. The van der Waals surface area contributed by atoms with Gasteiger partial charge in [0.25, 0.3) is 0 Å². The lowest BCUT2D eigenvalue weighted by atomic mass is 10.1. The van der Waals surface area contributed by atoms with Gasteiger partial charge in [-0.15, -0.1) is 0 Å². The van der Waals surface area contributed by atoms with Gasteiger partial charge in [0.05, 0.1) is 6.61 Å². The van der Waals surface area contributed by atoms with Crippen molar-refractivity contribution < 1.29 is 4.74 Å². The van der Waals surface area contributed by atoms with Crippen LogP contribution < -0.4 is 11.1 Å². The van der Waals surface area contributed by atoms with Gasteiger partial charge in [-0.3, -0.25) is 0 Å². The summed E-state index contributed by atoms with van der Waals surface area (Å²) in [6, 6.07) is 0. The highest BCUT2D eigenvalue weighted by Gasteiger charge is 1.98. The van der Waals surface area contributed by atoms with Crippen LogP contribution >= 0.6 is 0 Å². The molecule has 0 saturated carbocycles. The SMILES string of the molecule is COCCNCC(C)CCN. The Bertz CT molecular complexity index is 78.5. The lowest BCUT2D eigenvalue weighted by Crippen LogP contribution is -2.25. The molecule has 3 heteroatoms. The molecule has 1 atom stereocenters. The molecule has 3 nitrogen and oxygen atoms in total. The molecule has 0 radical (unpaired) electrons. The first-order valence-corrected chi connectivity index (χ1v) is 4.21. The van der Waals surface area contributed by atoms with Gasteiger partial charge in [-0.25, -0.2) is 0 Å². The van der Waals surface area contributed by atoms with Gasteiger partial charge >= 0.3 is 0 Å². The third-order valence-corrected chi connectivity index (χ3v) is 1.64. The van der Waals surface area contributed by atoms with Crippen molar-refractivity contribution in [1.82, 2.24) is 5.32 Å². The minimum Gasteiger partial charge on any atom is -0.383 e. The van der Waals surface area contributed by atoms with Crippen LogP contribution in [-0.4, -0.2) is 33.4 Å². The lowest BCUT2D eigenvalue weighted by molar-refractivity contribution is 0.198. The monoisotopic (exact) mass is 160 g/mol. The summed E-state index contributed by atoms with van der Waals surface area (Å²) in [6.07, 6.45) is 1.10. The van der Waals surface area contributed by atoms with E-state index >= 15 is 0 Å². The van der Waals surface area contributed by atoms with E-state index in [1.165, 1.54) is 0 Å². The molecule has 0 aliphatic heterocycles. The number of rotatable bonds is 7. The maximum Gasteiger partial charge on any atom is 0.0587 e. The van der Waals surface area contributed by atoms with Crippen molar-refractivity contribution >= 4 is 0 Å². The average Bonchev–Trinajstić information content (AvgIpc) is 1.99. The number of nitrogens with two attached hydrogens (primary N) is 1. The Morgan fingerprint density at radius 1 is 1.55 bits per heavy atom. The Balaban J connectivity index is 2.97. The van der Waals surface area contributed by atoms with Crippen molar-refractivity contribution in [3.8, 4) is 0 Å². The van der Waals surface area contributed by atoms with Crippen molar-refractivity contribution in [3.63, 3.8) is 0 Å². The fourth-order valence-electron chi connectivity index (χ4n) is 0.909. The van der Waals surface area contributed by atoms with E-state index in [-0.39, 0.29) is 0 Å². The second kappa shape index (κ2) is 7.98. The van der Waals surface area contributed by atoms with Crippen LogP contribution in [0, 0.1) is 5.92 Å². The molecule has 68 valence electrons.